The predicted octanol–water partition coefficient (Wildman–Crippen LogP) is 7.56. The zero-order valence-electron chi connectivity index (χ0n) is 18.7. The Kier molecular flexibility index (Phi) is 6.00. The lowest BCUT2D eigenvalue weighted by molar-refractivity contribution is 0.547. The van der Waals surface area contributed by atoms with E-state index in [-0.39, 0.29) is 0 Å². The average Bonchev–Trinajstić information content (AvgIpc) is 3.65. The highest BCUT2D eigenvalue weighted by Gasteiger charge is 2.25. The summed E-state index contributed by atoms with van der Waals surface area (Å²) in [7, 11) is -2.28. The monoisotopic (exact) mass is 496 g/mol. The quantitative estimate of drug-likeness (QED) is 0.156. The van der Waals surface area contributed by atoms with E-state index in [0.29, 0.717) is 0 Å². The first kappa shape index (κ1) is 21.6. The summed E-state index contributed by atoms with van der Waals surface area (Å²) in [6, 6.07) is 28.3. The number of aromatic nitrogens is 3. The van der Waals surface area contributed by atoms with Crippen LogP contribution in [-0.2, 0) is 0 Å². The first-order chi connectivity index (χ1) is 17.4. The molecule has 0 aliphatic carbocycles. The Morgan fingerprint density at radius 2 is 0.886 bits per heavy atom. The van der Waals surface area contributed by atoms with Gasteiger partial charge in [-0.1, -0.05) is 42.1 Å². The number of rotatable bonds is 9. The Hall–Kier alpha value is -3.94. The molecule has 4 heterocycles. The summed E-state index contributed by atoms with van der Waals surface area (Å²) in [5, 5.41) is 0. The molecule has 3 aromatic heterocycles. The molecule has 0 radical (unpaired) electrons. The third-order valence-corrected chi connectivity index (χ3v) is 8.73. The topological polar surface area (TPSA) is 36.5 Å². The van der Waals surface area contributed by atoms with Gasteiger partial charge in [0.05, 0.1) is 12.4 Å². The van der Waals surface area contributed by atoms with Crippen molar-refractivity contribution in [3.8, 4) is 22.6 Å². The van der Waals surface area contributed by atoms with Crippen molar-refractivity contribution in [3.05, 3.63) is 140 Å². The maximum atomic E-state index is 6.70. The third-order valence-electron chi connectivity index (χ3n) is 5.39. The van der Waals surface area contributed by atoms with Gasteiger partial charge < -0.3 is 9.05 Å². The molecule has 2 aromatic carbocycles. The molecule has 0 N–H and O–H groups in total. The van der Waals surface area contributed by atoms with Gasteiger partial charge in [-0.2, -0.15) is 0 Å². The van der Waals surface area contributed by atoms with E-state index in [0.717, 1.165) is 22.6 Å². The van der Waals surface area contributed by atoms with Gasteiger partial charge in [-0.25, -0.2) is 0 Å². The number of hydrogen-bond acceptors (Lipinski definition) is 3. The minimum Gasteiger partial charge on any atom is -0.435 e. The fraction of sp³-hybridized carbons (Fsp3) is 0. The Balaban J connectivity index is 1.36. The van der Waals surface area contributed by atoms with E-state index in [4.69, 9.17) is 9.05 Å². The summed E-state index contributed by atoms with van der Waals surface area (Å²) in [5.74, 6) is 1.59. The molecule has 0 saturated heterocycles. The average molecular weight is 496 g/mol. The summed E-state index contributed by atoms with van der Waals surface area (Å²) in [6.07, 6.45) is 16.0. The molecule has 8 heteroatoms. The van der Waals surface area contributed by atoms with E-state index in [1.807, 2.05) is 127 Å². The van der Waals surface area contributed by atoms with Gasteiger partial charge in [0, 0.05) is 48.3 Å². The molecule has 6 nitrogen and oxygen atoms in total. The molecule has 0 fully saturated rings. The lowest BCUT2D eigenvalue weighted by Gasteiger charge is -2.29. The number of hydrogen-bond donors (Lipinski definition) is 0. The largest absolute Gasteiger partial charge is 0.435 e. The lowest BCUT2D eigenvalue weighted by atomic mass is 10.0. The van der Waals surface area contributed by atoms with Crippen molar-refractivity contribution in [1.82, 2.24) is 17.7 Å². The van der Waals surface area contributed by atoms with Gasteiger partial charge in [-0.15, -0.1) is 0 Å². The van der Waals surface area contributed by atoms with E-state index in [1.54, 1.807) is 0 Å². The zero-order valence-corrected chi connectivity index (χ0v) is 20.5. The second kappa shape index (κ2) is 9.74. The van der Waals surface area contributed by atoms with Gasteiger partial charge in [0.15, 0.2) is 0 Å². The van der Waals surface area contributed by atoms with Crippen LogP contribution >= 0.6 is 16.9 Å². The van der Waals surface area contributed by atoms with Crippen LogP contribution in [0.1, 0.15) is 0 Å². The molecule has 0 spiro atoms. The molecule has 0 bridgehead atoms. The second-order valence-electron chi connectivity index (χ2n) is 7.67. The van der Waals surface area contributed by atoms with Crippen molar-refractivity contribution in [2.24, 2.45) is 0 Å². The highest BCUT2D eigenvalue weighted by molar-refractivity contribution is 7.49. The van der Waals surface area contributed by atoms with Crippen LogP contribution in [0.3, 0.4) is 0 Å². The minimum atomic E-state index is -1.15. The molecule has 172 valence electrons. The van der Waals surface area contributed by atoms with Gasteiger partial charge in [0.25, 0.3) is 0 Å². The third kappa shape index (κ3) is 4.43. The highest BCUT2D eigenvalue weighted by atomic mass is 31.2. The molecule has 5 aromatic rings. The van der Waals surface area contributed by atoms with E-state index < -0.39 is 16.9 Å². The number of benzene rings is 2. The molecular weight excluding hydrogens is 474 g/mol. The molecule has 1 aliphatic rings. The van der Waals surface area contributed by atoms with Crippen molar-refractivity contribution >= 4 is 16.9 Å². The van der Waals surface area contributed by atoms with Crippen molar-refractivity contribution in [1.29, 1.82) is 0 Å². The van der Waals surface area contributed by atoms with Gasteiger partial charge in [0.1, 0.15) is 11.5 Å². The van der Waals surface area contributed by atoms with E-state index >= 15 is 0 Å². The van der Waals surface area contributed by atoms with Gasteiger partial charge in [-0.05, 0) is 48.5 Å². The van der Waals surface area contributed by atoms with Crippen LogP contribution in [0.2, 0.25) is 0 Å². The Bertz CT molecular complexity index is 1410. The van der Waals surface area contributed by atoms with Crippen LogP contribution in [0.25, 0.3) is 11.1 Å². The molecule has 1 aliphatic heterocycles. The number of para-hydroxylation sites is 2. The molecule has 0 amide bonds. The van der Waals surface area contributed by atoms with Gasteiger partial charge >= 0.3 is 16.9 Å². The summed E-state index contributed by atoms with van der Waals surface area (Å²) < 4.78 is 21.7. The fourth-order valence-electron chi connectivity index (χ4n) is 3.70. The lowest BCUT2D eigenvalue weighted by Crippen LogP contribution is -2.14. The Labute approximate surface area is 206 Å². The van der Waals surface area contributed by atoms with E-state index in [9.17, 15) is 0 Å². The van der Waals surface area contributed by atoms with Crippen LogP contribution in [0.4, 0.5) is 0 Å². The Morgan fingerprint density at radius 3 is 1.31 bits per heavy atom. The molecule has 1 atom stereocenters. The summed E-state index contributed by atoms with van der Waals surface area (Å²) in [5.41, 5.74) is 5.03. The van der Waals surface area contributed by atoms with Gasteiger partial charge in [-0.3, -0.25) is 17.7 Å². The number of nitrogens with zero attached hydrogens (tertiary/aromatic N) is 4. The standard InChI is InChI=1S/C27H22N4O2P2/c1-3-14-26(32-34(28-16-5-6-17-28)29-18-7-8-19-29)24(12-1)25-13-2-4-15-27(25)33-35(31-22-11-23-31)30-20-9-10-21-30/h1-10,12-23H. The first-order valence-electron chi connectivity index (χ1n) is 11.1. The van der Waals surface area contributed by atoms with Crippen LogP contribution in [-0.4, -0.2) is 17.7 Å². The van der Waals surface area contributed by atoms with Crippen LogP contribution in [0.15, 0.2) is 140 Å². The normalized spacial score (nSPS) is 13.1. The second-order valence-corrected chi connectivity index (χ2v) is 10.9. The van der Waals surface area contributed by atoms with E-state index in [1.165, 1.54) is 0 Å². The maximum absolute atomic E-state index is 6.70. The smallest absolute Gasteiger partial charge is 0.318 e. The highest BCUT2D eigenvalue weighted by Crippen LogP contribution is 2.50. The maximum Gasteiger partial charge on any atom is 0.318 e. The molecule has 6 rings (SSSR count). The first-order valence-corrected chi connectivity index (χ1v) is 13.5. The van der Waals surface area contributed by atoms with Crippen molar-refractivity contribution in [3.63, 3.8) is 0 Å². The van der Waals surface area contributed by atoms with Crippen molar-refractivity contribution in [2.45, 2.75) is 0 Å². The van der Waals surface area contributed by atoms with Crippen LogP contribution < -0.4 is 9.05 Å². The van der Waals surface area contributed by atoms with Crippen LogP contribution in [0, 0.1) is 0 Å². The molecule has 0 saturated carbocycles. The molecule has 35 heavy (non-hydrogen) atoms. The van der Waals surface area contributed by atoms with Crippen molar-refractivity contribution < 1.29 is 9.05 Å². The fourth-order valence-corrected chi connectivity index (χ4v) is 6.70. The SMILES string of the molecule is C1=CN(P(Oc2ccccc2-c2ccccc2OP(n2cccc2)n2cccc2)n2cccc2)C=1. The van der Waals surface area contributed by atoms with Crippen molar-refractivity contribution in [2.75, 3.05) is 0 Å². The molecule has 1 unspecified atom stereocenters. The molecular formula is C27H22N4O2P2. The Morgan fingerprint density at radius 1 is 0.486 bits per heavy atom. The minimum absolute atomic E-state index is 0.795. The zero-order chi connectivity index (χ0) is 23.5. The van der Waals surface area contributed by atoms with Gasteiger partial charge in [0.2, 0.25) is 0 Å². The summed E-state index contributed by atoms with van der Waals surface area (Å²) >= 11 is 0. The van der Waals surface area contributed by atoms with Crippen LogP contribution in [0.5, 0.6) is 11.5 Å². The predicted molar refractivity (Wildman–Crippen MR) is 141 cm³/mol. The van der Waals surface area contributed by atoms with E-state index in [2.05, 4.69) is 30.9 Å². The summed E-state index contributed by atoms with van der Waals surface area (Å²) in [4.78, 5) is 0. The summed E-state index contributed by atoms with van der Waals surface area (Å²) in [6.45, 7) is 0.